The Balaban J connectivity index is 1.29. The molecule has 0 radical (unpaired) electrons. The van der Waals surface area contributed by atoms with Crippen molar-refractivity contribution < 1.29 is 19.4 Å². The van der Waals surface area contributed by atoms with Gasteiger partial charge in [0.15, 0.2) is 0 Å². The first kappa shape index (κ1) is 22.2. The van der Waals surface area contributed by atoms with Crippen LogP contribution in [-0.4, -0.2) is 30.3 Å². The van der Waals surface area contributed by atoms with Gasteiger partial charge in [0.2, 0.25) is 0 Å². The van der Waals surface area contributed by atoms with E-state index in [0.29, 0.717) is 29.7 Å². The number of aromatic carboxylic acids is 1. The van der Waals surface area contributed by atoms with Crippen LogP contribution in [0.15, 0.2) is 60.7 Å². The highest BCUT2D eigenvalue weighted by Crippen LogP contribution is 2.44. The minimum absolute atomic E-state index is 0.0307. The van der Waals surface area contributed by atoms with Gasteiger partial charge in [0.25, 0.3) is 0 Å². The van der Waals surface area contributed by atoms with Gasteiger partial charge in [-0.25, -0.2) is 9.59 Å². The first-order chi connectivity index (χ1) is 16.0. The number of alkyl carbamates (subject to hydrolysis) is 1. The number of carboxylic acid groups (broad SMARTS) is 1. The van der Waals surface area contributed by atoms with Crippen molar-refractivity contribution in [2.45, 2.75) is 26.2 Å². The number of aryl methyl sites for hydroxylation is 2. The van der Waals surface area contributed by atoms with E-state index >= 15 is 0 Å². The number of nitrogens with one attached hydrogen (secondary N) is 1. The molecule has 0 heterocycles. The van der Waals surface area contributed by atoms with Crippen molar-refractivity contribution in [2.24, 2.45) is 0 Å². The van der Waals surface area contributed by atoms with Gasteiger partial charge >= 0.3 is 12.1 Å². The summed E-state index contributed by atoms with van der Waals surface area (Å²) in [4.78, 5) is 23.5. The topological polar surface area (TPSA) is 75.6 Å². The molecular formula is C28H25NO4. The van der Waals surface area contributed by atoms with Crippen molar-refractivity contribution in [3.05, 3.63) is 94.0 Å². The van der Waals surface area contributed by atoms with Crippen molar-refractivity contribution in [3.63, 3.8) is 0 Å². The second-order valence-corrected chi connectivity index (χ2v) is 8.09. The van der Waals surface area contributed by atoms with E-state index in [4.69, 9.17) is 4.74 Å². The maximum absolute atomic E-state index is 12.2. The highest BCUT2D eigenvalue weighted by Gasteiger charge is 2.28. The third-order valence-electron chi connectivity index (χ3n) is 5.84. The van der Waals surface area contributed by atoms with Crippen LogP contribution in [0.1, 0.15) is 50.5 Å². The van der Waals surface area contributed by atoms with Gasteiger partial charge in [-0.3, -0.25) is 0 Å². The molecule has 0 fully saturated rings. The Bertz CT molecular complexity index is 1210. The van der Waals surface area contributed by atoms with E-state index in [0.717, 1.165) is 5.56 Å². The molecule has 0 saturated heterocycles. The Labute approximate surface area is 193 Å². The Hall–Kier alpha value is -4.04. The summed E-state index contributed by atoms with van der Waals surface area (Å²) < 4.78 is 5.52. The second kappa shape index (κ2) is 9.62. The largest absolute Gasteiger partial charge is 0.478 e. The minimum Gasteiger partial charge on any atom is -0.478 e. The van der Waals surface area contributed by atoms with Crippen LogP contribution in [0.2, 0.25) is 0 Å². The quantitative estimate of drug-likeness (QED) is 0.419. The first-order valence-corrected chi connectivity index (χ1v) is 10.9. The normalized spacial score (nSPS) is 11.7. The average Bonchev–Trinajstić information content (AvgIpc) is 3.10. The second-order valence-electron chi connectivity index (χ2n) is 8.09. The molecule has 33 heavy (non-hydrogen) atoms. The van der Waals surface area contributed by atoms with E-state index in [9.17, 15) is 14.7 Å². The molecular weight excluding hydrogens is 414 g/mol. The van der Waals surface area contributed by atoms with Crippen LogP contribution in [0.4, 0.5) is 4.79 Å². The molecule has 0 unspecified atom stereocenters. The molecule has 1 aliphatic carbocycles. The lowest BCUT2D eigenvalue weighted by atomic mass is 9.98. The maximum Gasteiger partial charge on any atom is 0.407 e. The van der Waals surface area contributed by atoms with E-state index in [2.05, 4.69) is 41.4 Å². The summed E-state index contributed by atoms with van der Waals surface area (Å²) in [6.45, 7) is 4.18. The van der Waals surface area contributed by atoms with Crippen molar-refractivity contribution in [2.75, 3.05) is 13.2 Å². The average molecular weight is 440 g/mol. The van der Waals surface area contributed by atoms with E-state index in [1.165, 1.54) is 22.3 Å². The molecule has 0 atom stereocenters. The lowest BCUT2D eigenvalue weighted by Crippen LogP contribution is -2.26. The summed E-state index contributed by atoms with van der Waals surface area (Å²) in [5.74, 6) is 5.14. The zero-order valence-corrected chi connectivity index (χ0v) is 18.6. The lowest BCUT2D eigenvalue weighted by Gasteiger charge is -2.14. The summed E-state index contributed by atoms with van der Waals surface area (Å²) >= 11 is 0. The monoisotopic (exact) mass is 439 g/mol. The predicted molar refractivity (Wildman–Crippen MR) is 127 cm³/mol. The van der Waals surface area contributed by atoms with Crippen molar-refractivity contribution in [1.29, 1.82) is 0 Å². The van der Waals surface area contributed by atoms with Crippen LogP contribution in [0, 0.1) is 25.7 Å². The van der Waals surface area contributed by atoms with Gasteiger partial charge in [0, 0.05) is 24.4 Å². The molecule has 4 rings (SSSR count). The van der Waals surface area contributed by atoms with Gasteiger partial charge in [0.05, 0.1) is 5.56 Å². The third kappa shape index (κ3) is 4.75. The van der Waals surface area contributed by atoms with Crippen molar-refractivity contribution in [1.82, 2.24) is 5.32 Å². The fourth-order valence-corrected chi connectivity index (χ4v) is 4.41. The molecule has 166 valence electrons. The van der Waals surface area contributed by atoms with Gasteiger partial charge in [-0.05, 0) is 59.4 Å². The van der Waals surface area contributed by atoms with Crippen LogP contribution in [0.5, 0.6) is 0 Å². The molecule has 3 aromatic rings. The summed E-state index contributed by atoms with van der Waals surface area (Å²) in [6.07, 6.45) is -0.000604. The molecule has 0 bridgehead atoms. The molecule has 0 aliphatic heterocycles. The summed E-state index contributed by atoms with van der Waals surface area (Å²) in [7, 11) is 0. The van der Waals surface area contributed by atoms with Crippen LogP contribution in [0.25, 0.3) is 11.1 Å². The minimum atomic E-state index is -0.934. The number of carbonyl (C=O) groups excluding carboxylic acids is 1. The van der Waals surface area contributed by atoms with E-state index in [-0.39, 0.29) is 12.5 Å². The molecule has 2 N–H and O–H groups in total. The number of ether oxygens (including phenoxy) is 1. The Morgan fingerprint density at radius 1 is 0.970 bits per heavy atom. The lowest BCUT2D eigenvalue weighted by molar-refractivity contribution is 0.0695. The van der Waals surface area contributed by atoms with Crippen molar-refractivity contribution >= 4 is 12.1 Å². The maximum atomic E-state index is 12.2. The number of amides is 1. The molecule has 0 spiro atoms. The standard InChI is InChI=1S/C28H25NO4/c1-18-15-20(16-19(2)26(18)27(30)31)9-7-8-14-29-28(32)33-17-25-23-12-5-3-10-21(23)22-11-4-6-13-24(22)25/h3-6,10-13,15-16,25H,8,14,17H2,1-2H3,(H,29,32)(H,30,31). The van der Waals surface area contributed by atoms with E-state index in [1.807, 2.05) is 24.3 Å². The highest BCUT2D eigenvalue weighted by atomic mass is 16.5. The molecule has 1 amide bonds. The fourth-order valence-electron chi connectivity index (χ4n) is 4.41. The van der Waals surface area contributed by atoms with Gasteiger partial charge < -0.3 is 15.2 Å². The van der Waals surface area contributed by atoms with Crippen molar-refractivity contribution in [3.8, 4) is 23.0 Å². The number of fused-ring (bicyclic) bond motifs is 3. The summed E-state index contributed by atoms with van der Waals surface area (Å²) in [5.41, 5.74) is 7.19. The SMILES string of the molecule is Cc1cc(C#CCCNC(=O)OCC2c3ccccc3-c3ccccc32)cc(C)c1C(=O)O. The van der Waals surface area contributed by atoms with Crippen LogP contribution >= 0.6 is 0 Å². The number of carboxylic acids is 1. The number of hydrogen-bond donors (Lipinski definition) is 2. The summed E-state index contributed by atoms with van der Waals surface area (Å²) in [6, 6.07) is 20.0. The Kier molecular flexibility index (Phi) is 6.46. The zero-order chi connectivity index (χ0) is 23.4. The van der Waals surface area contributed by atoms with E-state index < -0.39 is 12.1 Å². The molecule has 5 nitrogen and oxygen atoms in total. The number of benzene rings is 3. The molecule has 0 saturated carbocycles. The highest BCUT2D eigenvalue weighted by molar-refractivity contribution is 5.91. The number of carbonyl (C=O) groups is 2. The zero-order valence-electron chi connectivity index (χ0n) is 18.6. The Morgan fingerprint density at radius 2 is 1.55 bits per heavy atom. The molecule has 1 aliphatic rings. The van der Waals surface area contributed by atoms with E-state index in [1.54, 1.807) is 26.0 Å². The number of hydrogen-bond acceptors (Lipinski definition) is 3. The van der Waals surface area contributed by atoms with Gasteiger partial charge in [0.1, 0.15) is 6.61 Å². The smallest absolute Gasteiger partial charge is 0.407 e. The summed E-state index contributed by atoms with van der Waals surface area (Å²) in [5, 5.41) is 12.0. The van der Waals surface area contributed by atoms with Gasteiger partial charge in [-0.15, -0.1) is 0 Å². The van der Waals surface area contributed by atoms with Gasteiger partial charge in [-0.1, -0.05) is 60.4 Å². The predicted octanol–water partition coefficient (Wildman–Crippen LogP) is 5.28. The van der Waals surface area contributed by atoms with Crippen LogP contribution in [-0.2, 0) is 4.74 Å². The number of rotatable bonds is 5. The Morgan fingerprint density at radius 3 is 2.12 bits per heavy atom. The molecule has 3 aromatic carbocycles. The van der Waals surface area contributed by atoms with Crippen LogP contribution in [0.3, 0.4) is 0 Å². The fraction of sp³-hybridized carbons (Fsp3) is 0.214. The molecule has 5 heteroatoms. The molecule has 0 aromatic heterocycles. The van der Waals surface area contributed by atoms with Crippen LogP contribution < -0.4 is 5.32 Å². The first-order valence-electron chi connectivity index (χ1n) is 10.9. The third-order valence-corrected chi connectivity index (χ3v) is 5.84. The van der Waals surface area contributed by atoms with Gasteiger partial charge in [-0.2, -0.15) is 0 Å².